The number of benzene rings is 1. The Balaban J connectivity index is 1.83. The minimum absolute atomic E-state index is 0.132. The Bertz CT molecular complexity index is 449. The predicted octanol–water partition coefficient (Wildman–Crippen LogP) is 1.96. The van der Waals surface area contributed by atoms with Gasteiger partial charge in [-0.05, 0) is 31.0 Å². The van der Waals surface area contributed by atoms with Crippen LogP contribution in [0.15, 0.2) is 18.2 Å². The first-order chi connectivity index (χ1) is 9.29. The lowest BCUT2D eigenvalue weighted by molar-refractivity contribution is 0.133. The van der Waals surface area contributed by atoms with Crippen molar-refractivity contribution in [2.24, 2.45) is 5.73 Å². The first kappa shape index (κ1) is 12.9. The molecule has 0 spiro atoms. The Morgan fingerprint density at radius 3 is 2.95 bits per heavy atom. The van der Waals surface area contributed by atoms with Crippen molar-refractivity contribution in [2.45, 2.75) is 31.8 Å². The Hall–Kier alpha value is -1.13. The maximum absolute atomic E-state index is 14.1. The van der Waals surface area contributed by atoms with Gasteiger partial charge in [0.05, 0.1) is 5.69 Å². The van der Waals surface area contributed by atoms with Crippen LogP contribution in [-0.2, 0) is 6.54 Å². The molecule has 2 saturated heterocycles. The van der Waals surface area contributed by atoms with Crippen molar-refractivity contribution in [1.29, 1.82) is 0 Å². The molecule has 0 amide bonds. The van der Waals surface area contributed by atoms with Gasteiger partial charge in [-0.3, -0.25) is 4.90 Å². The van der Waals surface area contributed by atoms with Crippen LogP contribution >= 0.6 is 0 Å². The molecule has 4 heteroatoms. The number of nitrogens with zero attached hydrogens (tertiary/aromatic N) is 2. The van der Waals surface area contributed by atoms with E-state index in [1.165, 1.54) is 25.8 Å². The largest absolute Gasteiger partial charge is 0.366 e. The highest BCUT2D eigenvalue weighted by atomic mass is 19.1. The molecule has 1 aromatic carbocycles. The van der Waals surface area contributed by atoms with E-state index in [4.69, 9.17) is 5.73 Å². The van der Waals surface area contributed by atoms with Crippen molar-refractivity contribution in [3.8, 4) is 0 Å². The Morgan fingerprint density at radius 1 is 1.21 bits per heavy atom. The topological polar surface area (TPSA) is 32.5 Å². The van der Waals surface area contributed by atoms with Gasteiger partial charge in [0, 0.05) is 32.2 Å². The van der Waals surface area contributed by atoms with Gasteiger partial charge >= 0.3 is 0 Å². The van der Waals surface area contributed by atoms with Crippen molar-refractivity contribution < 1.29 is 4.39 Å². The Kier molecular flexibility index (Phi) is 3.71. The van der Waals surface area contributed by atoms with E-state index >= 15 is 0 Å². The quantitative estimate of drug-likeness (QED) is 0.885. The van der Waals surface area contributed by atoms with Crippen LogP contribution in [0.3, 0.4) is 0 Å². The fraction of sp³-hybridized carbons (Fsp3) is 0.600. The first-order valence-electron chi connectivity index (χ1n) is 7.26. The molecule has 0 aliphatic carbocycles. The normalized spacial score (nSPS) is 24.3. The summed E-state index contributed by atoms with van der Waals surface area (Å²) >= 11 is 0. The van der Waals surface area contributed by atoms with Crippen LogP contribution in [0, 0.1) is 5.82 Å². The zero-order valence-corrected chi connectivity index (χ0v) is 11.3. The van der Waals surface area contributed by atoms with Gasteiger partial charge in [0.1, 0.15) is 5.82 Å². The number of hydrogen-bond acceptors (Lipinski definition) is 3. The molecule has 1 unspecified atom stereocenters. The van der Waals surface area contributed by atoms with E-state index in [0.717, 1.165) is 30.9 Å². The third-order valence-electron chi connectivity index (χ3n) is 4.44. The molecule has 19 heavy (non-hydrogen) atoms. The third-order valence-corrected chi connectivity index (χ3v) is 4.44. The fourth-order valence-corrected chi connectivity index (χ4v) is 3.44. The SMILES string of the molecule is NCc1cccc(F)c1N1CCN2CCCCC2C1. The van der Waals surface area contributed by atoms with E-state index in [1.807, 2.05) is 6.07 Å². The van der Waals surface area contributed by atoms with E-state index in [-0.39, 0.29) is 5.82 Å². The van der Waals surface area contributed by atoms with Gasteiger partial charge in [0.15, 0.2) is 0 Å². The van der Waals surface area contributed by atoms with Crippen LogP contribution in [0.1, 0.15) is 24.8 Å². The molecule has 2 heterocycles. The summed E-state index contributed by atoms with van der Waals surface area (Å²) in [6.07, 6.45) is 3.85. The molecule has 2 N–H and O–H groups in total. The zero-order valence-electron chi connectivity index (χ0n) is 11.3. The highest BCUT2D eigenvalue weighted by Crippen LogP contribution is 2.29. The fourth-order valence-electron chi connectivity index (χ4n) is 3.44. The molecule has 0 bridgehead atoms. The van der Waals surface area contributed by atoms with Crippen molar-refractivity contribution >= 4 is 5.69 Å². The maximum Gasteiger partial charge on any atom is 0.146 e. The van der Waals surface area contributed by atoms with Gasteiger partial charge in [-0.25, -0.2) is 4.39 Å². The van der Waals surface area contributed by atoms with Crippen LogP contribution in [-0.4, -0.2) is 37.1 Å². The Morgan fingerprint density at radius 2 is 2.11 bits per heavy atom. The lowest BCUT2D eigenvalue weighted by Crippen LogP contribution is -2.55. The summed E-state index contributed by atoms with van der Waals surface area (Å²) in [4.78, 5) is 4.76. The summed E-state index contributed by atoms with van der Waals surface area (Å²) in [6, 6.07) is 5.82. The van der Waals surface area contributed by atoms with E-state index in [9.17, 15) is 4.39 Å². The number of anilines is 1. The number of piperazine rings is 1. The van der Waals surface area contributed by atoms with E-state index in [0.29, 0.717) is 12.6 Å². The van der Waals surface area contributed by atoms with E-state index in [2.05, 4.69) is 9.80 Å². The summed E-state index contributed by atoms with van der Waals surface area (Å²) in [5, 5.41) is 0. The van der Waals surface area contributed by atoms with Crippen molar-refractivity contribution in [2.75, 3.05) is 31.1 Å². The zero-order chi connectivity index (χ0) is 13.2. The average Bonchev–Trinajstić information content (AvgIpc) is 2.46. The van der Waals surface area contributed by atoms with Gasteiger partial charge < -0.3 is 10.6 Å². The summed E-state index contributed by atoms with van der Waals surface area (Å²) in [5.74, 6) is -0.132. The second-order valence-corrected chi connectivity index (χ2v) is 5.58. The van der Waals surface area contributed by atoms with Gasteiger partial charge in [0.25, 0.3) is 0 Å². The van der Waals surface area contributed by atoms with Crippen molar-refractivity contribution in [3.63, 3.8) is 0 Å². The predicted molar refractivity (Wildman–Crippen MR) is 75.7 cm³/mol. The molecule has 1 atom stereocenters. The number of nitrogens with two attached hydrogens (primary N) is 1. The monoisotopic (exact) mass is 263 g/mol. The number of rotatable bonds is 2. The summed E-state index contributed by atoms with van der Waals surface area (Å²) in [5.41, 5.74) is 7.41. The van der Waals surface area contributed by atoms with Gasteiger partial charge in [-0.15, -0.1) is 0 Å². The summed E-state index contributed by atoms with van der Waals surface area (Å²) in [6.45, 7) is 4.50. The second kappa shape index (κ2) is 5.47. The smallest absolute Gasteiger partial charge is 0.146 e. The molecule has 2 fully saturated rings. The van der Waals surface area contributed by atoms with Gasteiger partial charge in [0.2, 0.25) is 0 Å². The highest BCUT2D eigenvalue weighted by molar-refractivity contribution is 5.55. The number of piperidine rings is 1. The van der Waals surface area contributed by atoms with Crippen LogP contribution in [0.4, 0.5) is 10.1 Å². The van der Waals surface area contributed by atoms with Crippen LogP contribution in [0.5, 0.6) is 0 Å². The summed E-state index contributed by atoms with van der Waals surface area (Å²) in [7, 11) is 0. The van der Waals surface area contributed by atoms with E-state index < -0.39 is 0 Å². The molecule has 2 aliphatic rings. The molecule has 3 nitrogen and oxygen atoms in total. The van der Waals surface area contributed by atoms with Crippen LogP contribution < -0.4 is 10.6 Å². The lowest BCUT2D eigenvalue weighted by Gasteiger charge is -2.45. The van der Waals surface area contributed by atoms with E-state index in [1.54, 1.807) is 12.1 Å². The lowest BCUT2D eigenvalue weighted by atomic mass is 9.98. The molecule has 2 aliphatic heterocycles. The third kappa shape index (κ3) is 2.47. The minimum atomic E-state index is -0.132. The number of para-hydroxylation sites is 1. The second-order valence-electron chi connectivity index (χ2n) is 5.58. The van der Waals surface area contributed by atoms with Crippen molar-refractivity contribution in [1.82, 2.24) is 4.90 Å². The maximum atomic E-state index is 14.1. The number of halogens is 1. The minimum Gasteiger partial charge on any atom is -0.366 e. The molecule has 1 aromatic rings. The molecule has 0 aromatic heterocycles. The van der Waals surface area contributed by atoms with Crippen LogP contribution in [0.2, 0.25) is 0 Å². The Labute approximate surface area is 114 Å². The highest BCUT2D eigenvalue weighted by Gasteiger charge is 2.30. The number of fused-ring (bicyclic) bond motifs is 1. The molecule has 0 radical (unpaired) electrons. The average molecular weight is 263 g/mol. The van der Waals surface area contributed by atoms with Gasteiger partial charge in [-0.2, -0.15) is 0 Å². The number of hydrogen-bond donors (Lipinski definition) is 1. The first-order valence-corrected chi connectivity index (χ1v) is 7.26. The van der Waals surface area contributed by atoms with Crippen LogP contribution in [0.25, 0.3) is 0 Å². The molecule has 3 rings (SSSR count). The summed E-state index contributed by atoms with van der Waals surface area (Å²) < 4.78 is 14.1. The molecule has 104 valence electrons. The standard InChI is InChI=1S/C15H22FN3/c16-14-6-3-4-12(10-17)15(14)19-9-8-18-7-2-1-5-13(18)11-19/h3-4,6,13H,1-2,5,7-11,17H2. The van der Waals surface area contributed by atoms with Crippen molar-refractivity contribution in [3.05, 3.63) is 29.6 Å². The molecule has 0 saturated carbocycles. The molecular weight excluding hydrogens is 241 g/mol. The van der Waals surface area contributed by atoms with Gasteiger partial charge in [-0.1, -0.05) is 18.6 Å². The molecular formula is C15H22FN3.